The molecule has 0 aliphatic heterocycles. The lowest BCUT2D eigenvalue weighted by molar-refractivity contribution is -0.0864. The standard InChI is InChI=1S/C15H9ClF3S.BF4/c16-12-6-3-5-10(8-12)14-9-11-4-1-2-7-13(11)20(14)15(17,18)19;2-1(3,4)5/h1-9H;/q+1;-1. The normalized spacial score (nSPS) is 12.7. The second-order valence-corrected chi connectivity index (χ2v) is 7.19. The molecule has 0 saturated heterocycles. The molecular formula is C15H9BClF7S. The molecule has 0 fully saturated rings. The summed E-state index contributed by atoms with van der Waals surface area (Å²) in [5, 5.41) is 1.06. The van der Waals surface area contributed by atoms with Gasteiger partial charge in [0.1, 0.15) is 10.5 Å². The van der Waals surface area contributed by atoms with Crippen molar-refractivity contribution in [2.24, 2.45) is 0 Å². The number of benzene rings is 2. The van der Waals surface area contributed by atoms with Crippen LogP contribution in [0.15, 0.2) is 54.6 Å². The second-order valence-electron chi connectivity index (χ2n) is 4.80. The first-order chi connectivity index (χ1) is 11.5. The average molecular weight is 401 g/mol. The lowest BCUT2D eigenvalue weighted by Gasteiger charge is -2.01. The largest absolute Gasteiger partial charge is 0.673 e. The molecule has 0 N–H and O–H groups in total. The molecule has 134 valence electrons. The molecule has 0 radical (unpaired) electrons. The van der Waals surface area contributed by atoms with Crippen molar-refractivity contribution in [1.82, 2.24) is 0 Å². The Morgan fingerprint density at radius 1 is 0.840 bits per heavy atom. The highest BCUT2D eigenvalue weighted by molar-refractivity contribution is 7.41. The van der Waals surface area contributed by atoms with E-state index in [9.17, 15) is 30.4 Å². The molecule has 1 unspecified atom stereocenters. The van der Waals surface area contributed by atoms with Crippen LogP contribution in [0.3, 0.4) is 0 Å². The van der Waals surface area contributed by atoms with Crippen LogP contribution in [0.5, 0.6) is 0 Å². The van der Waals surface area contributed by atoms with E-state index in [2.05, 4.69) is 0 Å². The van der Waals surface area contributed by atoms with Crippen molar-refractivity contribution < 1.29 is 30.4 Å². The fourth-order valence-corrected chi connectivity index (χ4v) is 4.31. The van der Waals surface area contributed by atoms with Gasteiger partial charge in [-0.05, 0) is 30.3 Å². The van der Waals surface area contributed by atoms with Crippen LogP contribution in [-0.4, -0.2) is 7.25 Å². The number of halogens is 8. The van der Waals surface area contributed by atoms with Crippen LogP contribution in [0, 0.1) is 0 Å². The summed E-state index contributed by atoms with van der Waals surface area (Å²) >= 11 is 5.89. The number of hydrogen-bond donors (Lipinski definition) is 0. The molecule has 2 aromatic carbocycles. The third-order valence-corrected chi connectivity index (χ3v) is 5.29. The van der Waals surface area contributed by atoms with E-state index in [4.69, 9.17) is 11.6 Å². The Morgan fingerprint density at radius 2 is 1.44 bits per heavy atom. The molecular weight excluding hydrogens is 391 g/mol. The van der Waals surface area contributed by atoms with Crippen LogP contribution in [0.2, 0.25) is 5.02 Å². The molecule has 3 aromatic rings. The molecule has 1 heterocycles. The predicted molar refractivity (Wildman–Crippen MR) is 88.4 cm³/mol. The maximum Gasteiger partial charge on any atom is 0.673 e. The number of rotatable bonds is 1. The molecule has 0 aliphatic rings. The van der Waals surface area contributed by atoms with Crippen molar-refractivity contribution in [1.29, 1.82) is 0 Å². The van der Waals surface area contributed by atoms with Gasteiger partial charge in [0.15, 0.2) is 9.58 Å². The summed E-state index contributed by atoms with van der Waals surface area (Å²) in [5.74, 6) is 0. The third-order valence-electron chi connectivity index (χ3n) is 2.99. The van der Waals surface area contributed by atoms with E-state index in [0.717, 1.165) is 0 Å². The maximum absolute atomic E-state index is 13.4. The zero-order valence-corrected chi connectivity index (χ0v) is 13.8. The van der Waals surface area contributed by atoms with Gasteiger partial charge in [-0.15, -0.1) is 13.2 Å². The van der Waals surface area contributed by atoms with Crippen LogP contribution in [0.25, 0.3) is 20.5 Å². The van der Waals surface area contributed by atoms with Gasteiger partial charge < -0.3 is 17.3 Å². The monoisotopic (exact) mass is 400 g/mol. The van der Waals surface area contributed by atoms with E-state index in [1.807, 2.05) is 0 Å². The Morgan fingerprint density at radius 3 is 2.00 bits per heavy atom. The first-order valence-electron chi connectivity index (χ1n) is 6.72. The zero-order valence-electron chi connectivity index (χ0n) is 12.2. The minimum atomic E-state index is -6.00. The summed E-state index contributed by atoms with van der Waals surface area (Å²) in [7, 11) is -7.91. The molecule has 0 aliphatic carbocycles. The van der Waals surface area contributed by atoms with Crippen molar-refractivity contribution in [3.63, 3.8) is 0 Å². The van der Waals surface area contributed by atoms with E-state index >= 15 is 0 Å². The van der Waals surface area contributed by atoms with E-state index in [0.29, 0.717) is 20.7 Å². The molecule has 25 heavy (non-hydrogen) atoms. The topological polar surface area (TPSA) is 0 Å². The van der Waals surface area contributed by atoms with Crippen molar-refractivity contribution in [3.05, 3.63) is 59.6 Å². The lowest BCUT2D eigenvalue weighted by atomic mass is 10.1. The van der Waals surface area contributed by atoms with Crippen molar-refractivity contribution in [2.45, 2.75) is 5.51 Å². The van der Waals surface area contributed by atoms with Gasteiger partial charge >= 0.3 is 12.8 Å². The quantitative estimate of drug-likeness (QED) is 0.223. The van der Waals surface area contributed by atoms with Gasteiger partial charge in [-0.1, -0.05) is 29.8 Å². The average Bonchev–Trinajstić information content (AvgIpc) is 2.85. The minimum Gasteiger partial charge on any atom is -0.418 e. The number of hydrogen-bond acceptors (Lipinski definition) is 0. The van der Waals surface area contributed by atoms with Gasteiger partial charge in [-0.25, -0.2) is 0 Å². The van der Waals surface area contributed by atoms with Gasteiger partial charge in [0.2, 0.25) is 0 Å². The molecule has 10 heteroatoms. The summed E-state index contributed by atoms with van der Waals surface area (Å²) in [6, 6.07) is 14.8. The van der Waals surface area contributed by atoms with Crippen LogP contribution in [0.4, 0.5) is 30.4 Å². The van der Waals surface area contributed by atoms with Crippen LogP contribution in [-0.2, 0) is 5.51 Å². The molecule has 0 spiro atoms. The van der Waals surface area contributed by atoms with Gasteiger partial charge in [0, 0.05) is 22.0 Å². The van der Waals surface area contributed by atoms with Gasteiger partial charge in [-0.3, -0.25) is 0 Å². The molecule has 0 bridgehead atoms. The maximum atomic E-state index is 13.4. The van der Waals surface area contributed by atoms with E-state index in [-0.39, 0.29) is 4.88 Å². The smallest absolute Gasteiger partial charge is 0.418 e. The first kappa shape index (κ1) is 19.6. The summed E-state index contributed by atoms with van der Waals surface area (Å²) in [5.41, 5.74) is -3.77. The minimum absolute atomic E-state index is 0.279. The number of thiophene rings is 1. The van der Waals surface area contributed by atoms with Crippen LogP contribution >= 0.6 is 22.1 Å². The molecule has 0 nitrogen and oxygen atoms in total. The van der Waals surface area contributed by atoms with Crippen LogP contribution in [0.1, 0.15) is 0 Å². The molecule has 1 atom stereocenters. The number of alkyl halides is 3. The fraction of sp³-hybridized carbons (Fsp3) is 0.0667. The molecule has 0 saturated carbocycles. The molecule has 3 rings (SSSR count). The fourth-order valence-electron chi connectivity index (χ4n) is 2.20. The Balaban J connectivity index is 0.000000399. The van der Waals surface area contributed by atoms with Gasteiger partial charge in [-0.2, -0.15) is 0 Å². The highest BCUT2D eigenvalue weighted by Gasteiger charge is 2.48. The van der Waals surface area contributed by atoms with E-state index < -0.39 is 23.2 Å². The summed E-state index contributed by atoms with van der Waals surface area (Å²) in [6.07, 6.45) is 0. The van der Waals surface area contributed by atoms with Crippen molar-refractivity contribution in [2.75, 3.05) is 0 Å². The van der Waals surface area contributed by atoms with Gasteiger partial charge in [0.25, 0.3) is 0 Å². The van der Waals surface area contributed by atoms with Crippen molar-refractivity contribution in [3.8, 4) is 10.4 Å². The SMILES string of the molecule is FC(F)(F)[s+]1c(-c2cccc(Cl)c2)cc2ccccc21.F[B-](F)(F)F. The summed E-state index contributed by atoms with van der Waals surface area (Å²) in [6.45, 7) is 0. The molecule has 0 amide bonds. The Bertz CT molecular complexity index is 864. The van der Waals surface area contributed by atoms with E-state index in [1.165, 1.54) is 0 Å². The van der Waals surface area contributed by atoms with E-state index in [1.54, 1.807) is 54.6 Å². The Labute approximate surface area is 145 Å². The van der Waals surface area contributed by atoms with Gasteiger partial charge in [0.05, 0.1) is 0 Å². The number of fused-ring (bicyclic) bond motifs is 1. The Hall–Kier alpha value is -1.74. The summed E-state index contributed by atoms with van der Waals surface area (Å²) < 4.78 is 79.6. The van der Waals surface area contributed by atoms with Crippen molar-refractivity contribution >= 4 is 39.4 Å². The lowest BCUT2D eigenvalue weighted by Crippen LogP contribution is -2.02. The third kappa shape index (κ3) is 5.37. The first-order valence-corrected chi connectivity index (χ1v) is 8.32. The Kier molecular flexibility index (Phi) is 5.68. The highest BCUT2D eigenvalue weighted by Crippen LogP contribution is 2.54. The molecule has 1 aromatic heterocycles. The van der Waals surface area contributed by atoms with Crippen LogP contribution < -0.4 is 0 Å². The zero-order chi connectivity index (χ0) is 18.8. The predicted octanol–water partition coefficient (Wildman–Crippen LogP) is 7.69. The highest BCUT2D eigenvalue weighted by atomic mass is 35.5. The summed E-state index contributed by atoms with van der Waals surface area (Å²) in [4.78, 5) is 0.279. The second kappa shape index (κ2) is 7.25.